The van der Waals surface area contributed by atoms with Gasteiger partial charge in [0.25, 0.3) is 0 Å². The van der Waals surface area contributed by atoms with Crippen molar-refractivity contribution in [3.05, 3.63) is 47.1 Å². The molecule has 3 aliphatic carbocycles. The Hall–Kier alpha value is -1.57. The summed E-state index contributed by atoms with van der Waals surface area (Å²) in [6, 6.07) is 0. The zero-order valence-corrected chi connectivity index (χ0v) is 16.4. The van der Waals surface area contributed by atoms with Crippen molar-refractivity contribution in [2.75, 3.05) is 0 Å². The van der Waals surface area contributed by atoms with Crippen LogP contribution < -0.4 is 0 Å². The van der Waals surface area contributed by atoms with Gasteiger partial charge in [0.05, 0.1) is 0 Å². The van der Waals surface area contributed by atoms with Crippen molar-refractivity contribution >= 4 is 5.97 Å². The Morgan fingerprint density at radius 2 is 1.80 bits per heavy atom. The number of allylic oxidation sites excluding steroid dienone is 5. The number of esters is 1. The highest BCUT2D eigenvalue weighted by Gasteiger charge is 2.49. The summed E-state index contributed by atoms with van der Waals surface area (Å²) in [6.45, 7) is 19.3. The van der Waals surface area contributed by atoms with E-state index in [1.54, 1.807) is 5.57 Å². The Morgan fingerprint density at radius 3 is 2.40 bits per heavy atom. The molecule has 0 heterocycles. The zero-order valence-electron chi connectivity index (χ0n) is 16.4. The van der Waals surface area contributed by atoms with Gasteiger partial charge in [0.2, 0.25) is 0 Å². The quantitative estimate of drug-likeness (QED) is 0.481. The molecule has 136 valence electrons. The second-order valence-corrected chi connectivity index (χ2v) is 8.53. The minimum atomic E-state index is -0.164. The zero-order chi connectivity index (χ0) is 18.5. The van der Waals surface area contributed by atoms with Gasteiger partial charge in [-0.05, 0) is 44.9 Å². The number of rotatable bonds is 2. The fourth-order valence-corrected chi connectivity index (χ4v) is 5.40. The van der Waals surface area contributed by atoms with Crippen LogP contribution in [-0.4, -0.2) is 12.1 Å². The number of hydrogen-bond acceptors (Lipinski definition) is 2. The van der Waals surface area contributed by atoms with E-state index in [9.17, 15) is 4.79 Å². The van der Waals surface area contributed by atoms with Crippen LogP contribution in [0, 0.1) is 29.6 Å². The summed E-state index contributed by atoms with van der Waals surface area (Å²) >= 11 is 0. The van der Waals surface area contributed by atoms with E-state index >= 15 is 0 Å². The Bertz CT molecular complexity index is 674. The van der Waals surface area contributed by atoms with Gasteiger partial charge in [-0.25, -0.2) is 0 Å². The average Bonchev–Trinajstić information content (AvgIpc) is 2.52. The second-order valence-electron chi connectivity index (χ2n) is 8.53. The van der Waals surface area contributed by atoms with Crippen molar-refractivity contribution in [1.29, 1.82) is 0 Å². The summed E-state index contributed by atoms with van der Waals surface area (Å²) in [5, 5.41) is 0. The molecule has 0 bridgehead atoms. The van der Waals surface area contributed by atoms with Crippen LogP contribution in [0.2, 0.25) is 0 Å². The largest absolute Gasteiger partial charge is 0.462 e. The topological polar surface area (TPSA) is 26.3 Å². The molecule has 1 fully saturated rings. The van der Waals surface area contributed by atoms with E-state index in [4.69, 9.17) is 4.74 Å². The fourth-order valence-electron chi connectivity index (χ4n) is 5.40. The lowest BCUT2D eigenvalue weighted by Crippen LogP contribution is -2.45. The molecule has 0 amide bonds. The summed E-state index contributed by atoms with van der Waals surface area (Å²) in [6.07, 6.45) is 5.43. The van der Waals surface area contributed by atoms with Crippen LogP contribution in [0.5, 0.6) is 0 Å². The summed E-state index contributed by atoms with van der Waals surface area (Å²) in [7, 11) is 0. The summed E-state index contributed by atoms with van der Waals surface area (Å²) in [4.78, 5) is 11.6. The molecular formula is C23H32O2. The average molecular weight is 341 g/mol. The lowest BCUT2D eigenvalue weighted by Gasteiger charge is -2.52. The maximum absolute atomic E-state index is 11.6. The van der Waals surface area contributed by atoms with E-state index in [0.29, 0.717) is 29.6 Å². The monoisotopic (exact) mass is 340 g/mol. The van der Waals surface area contributed by atoms with Gasteiger partial charge in [-0.2, -0.15) is 0 Å². The van der Waals surface area contributed by atoms with E-state index in [-0.39, 0.29) is 12.1 Å². The molecule has 0 radical (unpaired) electrons. The van der Waals surface area contributed by atoms with Crippen molar-refractivity contribution in [3.8, 4) is 0 Å². The molecule has 2 nitrogen and oxygen atoms in total. The van der Waals surface area contributed by atoms with Gasteiger partial charge in [-0.15, -0.1) is 0 Å². The highest BCUT2D eigenvalue weighted by Crippen LogP contribution is 2.57. The molecule has 0 aromatic rings. The van der Waals surface area contributed by atoms with E-state index in [2.05, 4.69) is 46.9 Å². The highest BCUT2D eigenvalue weighted by atomic mass is 16.5. The fraction of sp³-hybridized carbons (Fsp3) is 0.609. The molecule has 0 aromatic carbocycles. The smallest absolute Gasteiger partial charge is 0.302 e. The normalized spacial score (nSPS) is 37.5. The van der Waals surface area contributed by atoms with E-state index < -0.39 is 0 Å². The van der Waals surface area contributed by atoms with Crippen LogP contribution >= 0.6 is 0 Å². The maximum Gasteiger partial charge on any atom is 0.302 e. The minimum Gasteiger partial charge on any atom is -0.462 e. The van der Waals surface area contributed by atoms with Gasteiger partial charge < -0.3 is 4.74 Å². The lowest BCUT2D eigenvalue weighted by atomic mass is 9.53. The standard InChI is InChI=1S/C23H32O2/c1-12(2)10-19-14(4)15(5)20-11-21(25-17(7)24)16(6)18-9-8-13(3)22(19)23(18)20/h10,15-16,19-22H,3-4,8-9,11H2,1-2,5-7H3. The van der Waals surface area contributed by atoms with Crippen LogP contribution in [0.25, 0.3) is 0 Å². The van der Waals surface area contributed by atoms with Crippen LogP contribution in [0.4, 0.5) is 0 Å². The minimum absolute atomic E-state index is 0.00326. The van der Waals surface area contributed by atoms with Crippen molar-refractivity contribution in [3.63, 3.8) is 0 Å². The molecule has 25 heavy (non-hydrogen) atoms. The van der Waals surface area contributed by atoms with Gasteiger partial charge in [0.1, 0.15) is 6.10 Å². The molecule has 6 atom stereocenters. The number of carbonyl (C=O) groups excluding carboxylic acids is 1. The maximum atomic E-state index is 11.6. The van der Waals surface area contributed by atoms with Crippen LogP contribution in [0.15, 0.2) is 47.1 Å². The van der Waals surface area contributed by atoms with Crippen LogP contribution in [-0.2, 0) is 9.53 Å². The first-order chi connectivity index (χ1) is 11.7. The molecule has 0 saturated heterocycles. The van der Waals surface area contributed by atoms with Crippen LogP contribution in [0.1, 0.15) is 53.9 Å². The van der Waals surface area contributed by atoms with Gasteiger partial charge in [-0.3, -0.25) is 4.79 Å². The Morgan fingerprint density at radius 1 is 1.12 bits per heavy atom. The number of hydrogen-bond donors (Lipinski definition) is 0. The first-order valence-corrected chi connectivity index (χ1v) is 9.63. The third-order valence-electron chi connectivity index (χ3n) is 6.66. The van der Waals surface area contributed by atoms with Crippen molar-refractivity contribution in [1.82, 2.24) is 0 Å². The first-order valence-electron chi connectivity index (χ1n) is 9.63. The van der Waals surface area contributed by atoms with Gasteiger partial charge in [0, 0.05) is 24.7 Å². The molecule has 0 N–H and O–H groups in total. The lowest BCUT2D eigenvalue weighted by molar-refractivity contribution is -0.149. The Kier molecular flexibility index (Phi) is 4.83. The van der Waals surface area contributed by atoms with Crippen LogP contribution in [0.3, 0.4) is 0 Å². The molecule has 3 rings (SSSR count). The first kappa shape index (κ1) is 18.2. The summed E-state index contributed by atoms with van der Waals surface area (Å²) < 4.78 is 5.71. The summed E-state index contributed by atoms with van der Waals surface area (Å²) in [5.41, 5.74) is 7.16. The van der Waals surface area contributed by atoms with Crippen molar-refractivity contribution in [2.45, 2.75) is 60.0 Å². The molecule has 0 aromatic heterocycles. The van der Waals surface area contributed by atoms with Gasteiger partial charge in [-0.1, -0.05) is 60.9 Å². The SMILES string of the molecule is C=C1C(C)C2CC(OC(C)=O)C(C)C3=C2C(C(=C)CC3)C1C=C(C)C. The van der Waals surface area contributed by atoms with Crippen molar-refractivity contribution in [2.24, 2.45) is 29.6 Å². The highest BCUT2D eigenvalue weighted by molar-refractivity contribution is 5.66. The molecule has 6 unspecified atom stereocenters. The molecular weight excluding hydrogens is 308 g/mol. The number of ether oxygens (including phenoxy) is 1. The van der Waals surface area contributed by atoms with E-state index in [1.807, 2.05) is 0 Å². The summed E-state index contributed by atoms with van der Waals surface area (Å²) in [5.74, 6) is 1.77. The molecule has 3 aliphatic rings. The molecule has 1 saturated carbocycles. The Balaban J connectivity index is 2.11. The molecule has 0 aliphatic heterocycles. The van der Waals surface area contributed by atoms with E-state index in [0.717, 1.165) is 19.3 Å². The third kappa shape index (κ3) is 3.05. The van der Waals surface area contributed by atoms with E-state index in [1.165, 1.54) is 29.2 Å². The van der Waals surface area contributed by atoms with Gasteiger partial charge in [0.15, 0.2) is 0 Å². The third-order valence-corrected chi connectivity index (χ3v) is 6.66. The molecule has 2 heteroatoms. The second kappa shape index (κ2) is 6.63. The molecule has 0 spiro atoms. The van der Waals surface area contributed by atoms with Gasteiger partial charge >= 0.3 is 5.97 Å². The predicted molar refractivity (Wildman–Crippen MR) is 103 cm³/mol. The van der Waals surface area contributed by atoms with Crippen molar-refractivity contribution < 1.29 is 9.53 Å². The predicted octanol–water partition coefficient (Wildman–Crippen LogP) is 5.63. The Labute approximate surface area is 152 Å². The number of carbonyl (C=O) groups is 1.